The van der Waals surface area contributed by atoms with Crippen molar-refractivity contribution >= 4 is 29.5 Å². The topological polar surface area (TPSA) is 144 Å². The number of non-ortho nitro benzene ring substituents is 1. The second-order valence-electron chi connectivity index (χ2n) is 5.52. The molecule has 2 aromatic carbocycles. The van der Waals surface area contributed by atoms with Crippen molar-refractivity contribution in [2.45, 2.75) is 0 Å². The lowest BCUT2D eigenvalue weighted by Crippen LogP contribution is -2.37. The first kappa shape index (κ1) is 21.2. The number of amides is 3. The molecule has 0 aliphatic heterocycles. The highest BCUT2D eigenvalue weighted by atomic mass is 16.6. The van der Waals surface area contributed by atoms with Gasteiger partial charge in [-0.2, -0.15) is 5.10 Å². The summed E-state index contributed by atoms with van der Waals surface area (Å²) in [5.41, 5.74) is 3.00. The number of ether oxygens (including phenoxy) is 2. The van der Waals surface area contributed by atoms with Crippen molar-refractivity contribution in [2.75, 3.05) is 26.1 Å². The minimum absolute atomic E-state index is 0.162. The molecule has 3 N–H and O–H groups in total. The van der Waals surface area contributed by atoms with Gasteiger partial charge in [0.15, 0.2) is 11.5 Å². The molecule has 0 fully saturated rings. The molecule has 0 atom stereocenters. The number of carbonyl (C=O) groups is 2. The van der Waals surface area contributed by atoms with Crippen LogP contribution >= 0.6 is 0 Å². The Morgan fingerprint density at radius 3 is 2.59 bits per heavy atom. The van der Waals surface area contributed by atoms with E-state index in [1.54, 1.807) is 18.2 Å². The standard InChI is InChI=1S/C18H19N5O6/c1-28-15-7-6-12(8-16(15)29-2)10-20-22-17(24)11-19-18(25)21-13-4-3-5-14(9-13)23(26)27/h3-10H,11H2,1-2H3,(H,22,24)(H2,19,21,25)/b20-10-. The van der Waals surface area contributed by atoms with Crippen molar-refractivity contribution in [1.29, 1.82) is 0 Å². The van der Waals surface area contributed by atoms with E-state index in [1.807, 2.05) is 0 Å². The van der Waals surface area contributed by atoms with Crippen molar-refractivity contribution in [1.82, 2.24) is 10.7 Å². The van der Waals surface area contributed by atoms with Gasteiger partial charge in [-0.25, -0.2) is 10.2 Å². The molecule has 0 saturated carbocycles. The minimum Gasteiger partial charge on any atom is -0.493 e. The van der Waals surface area contributed by atoms with Crippen LogP contribution in [0.3, 0.4) is 0 Å². The number of urea groups is 1. The number of nitro groups is 1. The first-order valence-corrected chi connectivity index (χ1v) is 8.26. The Balaban J connectivity index is 1.81. The number of hydrogen-bond donors (Lipinski definition) is 3. The average Bonchev–Trinajstić information content (AvgIpc) is 2.72. The summed E-state index contributed by atoms with van der Waals surface area (Å²) in [7, 11) is 3.03. The van der Waals surface area contributed by atoms with Gasteiger partial charge in [0.25, 0.3) is 11.6 Å². The molecule has 11 nitrogen and oxygen atoms in total. The lowest BCUT2D eigenvalue weighted by Gasteiger charge is -2.08. The molecule has 0 aliphatic carbocycles. The molecule has 0 heterocycles. The van der Waals surface area contributed by atoms with Crippen LogP contribution in [-0.2, 0) is 4.79 Å². The normalized spacial score (nSPS) is 10.3. The molecule has 0 radical (unpaired) electrons. The molecule has 0 unspecified atom stereocenters. The molecule has 0 aromatic heterocycles. The first-order chi connectivity index (χ1) is 13.9. The van der Waals surface area contributed by atoms with Crippen molar-refractivity contribution in [2.24, 2.45) is 5.10 Å². The van der Waals surface area contributed by atoms with Crippen molar-refractivity contribution < 1.29 is 24.0 Å². The smallest absolute Gasteiger partial charge is 0.319 e. The van der Waals surface area contributed by atoms with E-state index in [0.29, 0.717) is 17.1 Å². The van der Waals surface area contributed by atoms with E-state index in [0.717, 1.165) is 0 Å². The van der Waals surface area contributed by atoms with Gasteiger partial charge in [0.2, 0.25) is 0 Å². The molecule has 11 heteroatoms. The summed E-state index contributed by atoms with van der Waals surface area (Å²) < 4.78 is 10.3. The predicted molar refractivity (Wildman–Crippen MR) is 105 cm³/mol. The van der Waals surface area contributed by atoms with E-state index >= 15 is 0 Å². The molecular weight excluding hydrogens is 382 g/mol. The zero-order valence-electron chi connectivity index (χ0n) is 15.7. The average molecular weight is 401 g/mol. The van der Waals surface area contributed by atoms with Gasteiger partial charge in [-0.15, -0.1) is 0 Å². The Bertz CT molecular complexity index is 931. The molecule has 0 aliphatic rings. The number of benzene rings is 2. The molecule has 29 heavy (non-hydrogen) atoms. The molecule has 3 amide bonds. The van der Waals surface area contributed by atoms with Gasteiger partial charge < -0.3 is 20.1 Å². The summed E-state index contributed by atoms with van der Waals surface area (Å²) >= 11 is 0. The van der Waals surface area contributed by atoms with Crippen LogP contribution in [0, 0.1) is 10.1 Å². The molecular formula is C18H19N5O6. The highest BCUT2D eigenvalue weighted by molar-refractivity contribution is 5.92. The maximum Gasteiger partial charge on any atom is 0.319 e. The molecule has 0 saturated heterocycles. The summed E-state index contributed by atoms with van der Waals surface area (Å²) in [6.45, 7) is -0.343. The predicted octanol–water partition coefficient (Wildman–Crippen LogP) is 1.88. The van der Waals surface area contributed by atoms with Crippen molar-refractivity contribution in [3.05, 3.63) is 58.1 Å². The van der Waals surface area contributed by atoms with Crippen LogP contribution in [0.4, 0.5) is 16.2 Å². The first-order valence-electron chi connectivity index (χ1n) is 8.26. The number of nitrogens with zero attached hydrogens (tertiary/aromatic N) is 2. The number of hydrogen-bond acceptors (Lipinski definition) is 7. The summed E-state index contributed by atoms with van der Waals surface area (Å²) in [6.07, 6.45) is 1.41. The van der Waals surface area contributed by atoms with Gasteiger partial charge in [0, 0.05) is 17.8 Å². The van der Waals surface area contributed by atoms with Crippen molar-refractivity contribution in [3.8, 4) is 11.5 Å². The van der Waals surface area contributed by atoms with Crippen LogP contribution in [0.15, 0.2) is 47.6 Å². The van der Waals surface area contributed by atoms with Gasteiger partial charge in [0.1, 0.15) is 6.54 Å². The second-order valence-corrected chi connectivity index (χ2v) is 5.52. The quantitative estimate of drug-likeness (QED) is 0.350. The van der Waals surface area contributed by atoms with Crippen LogP contribution in [0.25, 0.3) is 0 Å². The number of rotatable bonds is 8. The van der Waals surface area contributed by atoms with Crippen LogP contribution in [-0.4, -0.2) is 43.8 Å². The number of methoxy groups -OCH3 is 2. The number of carbonyl (C=O) groups excluding carboxylic acids is 2. The zero-order valence-corrected chi connectivity index (χ0v) is 15.7. The monoisotopic (exact) mass is 401 g/mol. The second kappa shape index (κ2) is 10.3. The number of nitro benzene ring substituents is 1. The van der Waals surface area contributed by atoms with E-state index in [2.05, 4.69) is 21.2 Å². The Hall–Kier alpha value is -4.15. The fourth-order valence-electron chi connectivity index (χ4n) is 2.18. The van der Waals surface area contributed by atoms with Crippen LogP contribution in [0.1, 0.15) is 5.56 Å². The third-order valence-electron chi connectivity index (χ3n) is 3.53. The molecule has 0 bridgehead atoms. The Morgan fingerprint density at radius 1 is 1.14 bits per heavy atom. The fraction of sp³-hybridized carbons (Fsp3) is 0.167. The third kappa shape index (κ3) is 6.50. The maximum atomic E-state index is 11.8. The van der Waals surface area contributed by atoms with Gasteiger partial charge >= 0.3 is 6.03 Å². The van der Waals surface area contributed by atoms with E-state index < -0.39 is 16.9 Å². The number of nitrogens with one attached hydrogen (secondary N) is 3. The largest absolute Gasteiger partial charge is 0.493 e. The summed E-state index contributed by atoms with van der Waals surface area (Å²) in [5, 5.41) is 19.2. The molecule has 152 valence electrons. The minimum atomic E-state index is -0.690. The Morgan fingerprint density at radius 2 is 1.90 bits per heavy atom. The summed E-state index contributed by atoms with van der Waals surface area (Å²) in [6, 6.07) is 9.83. The SMILES string of the molecule is COc1ccc(/C=N\NC(=O)CNC(=O)Nc2cccc([N+](=O)[O-])c2)cc1OC. The Labute approximate surface area is 165 Å². The van der Waals surface area contributed by atoms with Crippen LogP contribution in [0.5, 0.6) is 11.5 Å². The molecule has 2 rings (SSSR count). The molecule has 2 aromatic rings. The third-order valence-corrected chi connectivity index (χ3v) is 3.53. The number of anilines is 1. The summed E-state index contributed by atoms with van der Waals surface area (Å²) in [5.74, 6) is 0.519. The molecule has 0 spiro atoms. The zero-order chi connectivity index (χ0) is 21.2. The van der Waals surface area contributed by atoms with Crippen LogP contribution < -0.4 is 25.5 Å². The maximum absolute atomic E-state index is 11.8. The van der Waals surface area contributed by atoms with E-state index in [-0.39, 0.29) is 17.9 Å². The lowest BCUT2D eigenvalue weighted by atomic mass is 10.2. The van der Waals surface area contributed by atoms with Gasteiger partial charge in [-0.05, 0) is 29.8 Å². The van der Waals surface area contributed by atoms with Gasteiger partial charge in [-0.3, -0.25) is 14.9 Å². The fourth-order valence-corrected chi connectivity index (χ4v) is 2.18. The Kier molecular flexibility index (Phi) is 7.48. The van der Waals surface area contributed by atoms with Gasteiger partial charge in [-0.1, -0.05) is 6.07 Å². The number of hydrazone groups is 1. The van der Waals surface area contributed by atoms with E-state index in [4.69, 9.17) is 9.47 Å². The van der Waals surface area contributed by atoms with Crippen LogP contribution in [0.2, 0.25) is 0 Å². The lowest BCUT2D eigenvalue weighted by molar-refractivity contribution is -0.384. The summed E-state index contributed by atoms with van der Waals surface area (Å²) in [4.78, 5) is 33.7. The van der Waals surface area contributed by atoms with E-state index in [1.165, 1.54) is 44.7 Å². The van der Waals surface area contributed by atoms with Gasteiger partial charge in [0.05, 0.1) is 25.4 Å². The van der Waals surface area contributed by atoms with E-state index in [9.17, 15) is 19.7 Å². The highest BCUT2D eigenvalue weighted by Crippen LogP contribution is 2.26. The highest BCUT2D eigenvalue weighted by Gasteiger charge is 2.09. The van der Waals surface area contributed by atoms with Crippen molar-refractivity contribution in [3.63, 3.8) is 0 Å².